The minimum Gasteiger partial charge on any atom is -0.342 e. The van der Waals surface area contributed by atoms with Crippen LogP contribution in [0, 0.1) is 5.41 Å². The van der Waals surface area contributed by atoms with E-state index >= 15 is 0 Å². The number of amides is 1. The van der Waals surface area contributed by atoms with Crippen LogP contribution in [0.1, 0.15) is 57.8 Å². The number of hydrogen-bond acceptors (Lipinski definition) is 3. The van der Waals surface area contributed by atoms with Gasteiger partial charge >= 0.3 is 0 Å². The lowest BCUT2D eigenvalue weighted by molar-refractivity contribution is -0.131. The molecule has 0 aromatic carbocycles. The quantitative estimate of drug-likeness (QED) is 0.869. The summed E-state index contributed by atoms with van der Waals surface area (Å²) in [6.07, 6.45) is 12.1. The van der Waals surface area contributed by atoms with Gasteiger partial charge in [0.05, 0.1) is 5.75 Å². The predicted octanol–water partition coefficient (Wildman–Crippen LogP) is 3.04. The number of piperidine rings is 2. The normalized spacial score (nSPS) is 27.0. The van der Waals surface area contributed by atoms with Crippen LogP contribution in [-0.4, -0.2) is 48.0 Å². The third kappa shape index (κ3) is 4.16. The molecule has 0 radical (unpaired) electrons. The molecule has 2 aliphatic heterocycles. The summed E-state index contributed by atoms with van der Waals surface area (Å²) in [6, 6.07) is 0. The Hall–Kier alpha value is -0.220. The molecule has 1 aliphatic carbocycles. The summed E-state index contributed by atoms with van der Waals surface area (Å²) in [4.78, 5) is 14.5. The molecule has 2 saturated heterocycles. The zero-order valence-corrected chi connectivity index (χ0v) is 14.1. The Kier molecular flexibility index (Phi) is 5.49. The van der Waals surface area contributed by atoms with Crippen LogP contribution in [-0.2, 0) is 4.79 Å². The molecule has 0 atom stereocenters. The molecule has 1 saturated carbocycles. The number of carbonyl (C=O) groups excluding carboxylic acids is 1. The highest BCUT2D eigenvalue weighted by atomic mass is 32.2. The standard InChI is InChI=1S/C17H30N2OS/c20-16(14-21-15-4-10-18-11-5-15)19-12-8-17(9-13-19)6-2-1-3-7-17/h15,18H,1-14H2. The molecule has 21 heavy (non-hydrogen) atoms. The summed E-state index contributed by atoms with van der Waals surface area (Å²) < 4.78 is 0. The monoisotopic (exact) mass is 310 g/mol. The summed E-state index contributed by atoms with van der Waals surface area (Å²) in [5.74, 6) is 1.10. The van der Waals surface area contributed by atoms with Crippen molar-refractivity contribution in [3.05, 3.63) is 0 Å². The Morgan fingerprint density at radius 2 is 1.71 bits per heavy atom. The summed E-state index contributed by atoms with van der Waals surface area (Å²) >= 11 is 1.89. The highest BCUT2D eigenvalue weighted by molar-refractivity contribution is 8.00. The molecule has 3 nitrogen and oxygen atoms in total. The first-order valence-electron chi connectivity index (χ1n) is 8.88. The molecule has 3 rings (SSSR count). The van der Waals surface area contributed by atoms with Crippen molar-refractivity contribution in [2.75, 3.05) is 31.9 Å². The Bertz CT molecular complexity index is 339. The number of rotatable bonds is 3. The first kappa shape index (κ1) is 15.7. The Morgan fingerprint density at radius 3 is 2.38 bits per heavy atom. The van der Waals surface area contributed by atoms with Crippen LogP contribution in [0.15, 0.2) is 0 Å². The largest absolute Gasteiger partial charge is 0.342 e. The van der Waals surface area contributed by atoms with Gasteiger partial charge in [-0.15, -0.1) is 11.8 Å². The van der Waals surface area contributed by atoms with Gasteiger partial charge in [0.2, 0.25) is 5.91 Å². The van der Waals surface area contributed by atoms with E-state index in [4.69, 9.17) is 0 Å². The average molecular weight is 311 g/mol. The zero-order chi connectivity index (χ0) is 14.5. The molecule has 0 aromatic heterocycles. The van der Waals surface area contributed by atoms with Crippen LogP contribution in [0.5, 0.6) is 0 Å². The van der Waals surface area contributed by atoms with Crippen LogP contribution >= 0.6 is 11.8 Å². The Balaban J connectivity index is 1.40. The van der Waals surface area contributed by atoms with Gasteiger partial charge in [0.1, 0.15) is 0 Å². The molecule has 0 bridgehead atoms. The lowest BCUT2D eigenvalue weighted by Gasteiger charge is -2.44. The molecular formula is C17H30N2OS. The first-order chi connectivity index (χ1) is 10.3. The maximum atomic E-state index is 12.4. The minimum atomic E-state index is 0.393. The highest BCUT2D eigenvalue weighted by Gasteiger charge is 2.36. The summed E-state index contributed by atoms with van der Waals surface area (Å²) in [5.41, 5.74) is 0.608. The molecule has 120 valence electrons. The Labute approximate surface area is 133 Å². The van der Waals surface area contributed by atoms with Crippen molar-refractivity contribution < 1.29 is 4.79 Å². The lowest BCUT2D eigenvalue weighted by atomic mass is 9.68. The number of likely N-dealkylation sites (tertiary alicyclic amines) is 1. The zero-order valence-electron chi connectivity index (χ0n) is 13.2. The van der Waals surface area contributed by atoms with Crippen molar-refractivity contribution in [1.29, 1.82) is 0 Å². The molecule has 1 N–H and O–H groups in total. The smallest absolute Gasteiger partial charge is 0.232 e. The van der Waals surface area contributed by atoms with Crippen LogP contribution in [0.25, 0.3) is 0 Å². The third-order valence-electron chi connectivity index (χ3n) is 5.82. The fraction of sp³-hybridized carbons (Fsp3) is 0.941. The predicted molar refractivity (Wildman–Crippen MR) is 89.7 cm³/mol. The Morgan fingerprint density at radius 1 is 1.05 bits per heavy atom. The molecule has 3 aliphatic rings. The fourth-order valence-corrected chi connectivity index (χ4v) is 5.40. The van der Waals surface area contributed by atoms with Crippen LogP contribution in [0.2, 0.25) is 0 Å². The van der Waals surface area contributed by atoms with Gasteiger partial charge in [-0.05, 0) is 57.0 Å². The van der Waals surface area contributed by atoms with E-state index in [1.807, 2.05) is 11.8 Å². The van der Waals surface area contributed by atoms with E-state index in [2.05, 4.69) is 10.2 Å². The van der Waals surface area contributed by atoms with E-state index in [1.165, 1.54) is 57.8 Å². The van der Waals surface area contributed by atoms with Crippen molar-refractivity contribution in [2.24, 2.45) is 5.41 Å². The number of hydrogen-bond donors (Lipinski definition) is 1. The van der Waals surface area contributed by atoms with Crippen molar-refractivity contribution in [3.63, 3.8) is 0 Å². The summed E-state index contributed by atoms with van der Waals surface area (Å²) in [7, 11) is 0. The van der Waals surface area contributed by atoms with E-state index in [9.17, 15) is 4.79 Å². The van der Waals surface area contributed by atoms with E-state index in [-0.39, 0.29) is 0 Å². The van der Waals surface area contributed by atoms with Gasteiger partial charge in [-0.25, -0.2) is 0 Å². The van der Waals surface area contributed by atoms with Gasteiger partial charge in [-0.2, -0.15) is 0 Å². The molecule has 0 aromatic rings. The van der Waals surface area contributed by atoms with Gasteiger partial charge in [-0.1, -0.05) is 19.3 Å². The van der Waals surface area contributed by atoms with E-state index in [0.29, 0.717) is 22.3 Å². The van der Waals surface area contributed by atoms with E-state index in [0.717, 1.165) is 26.2 Å². The number of thioether (sulfide) groups is 1. The molecule has 0 unspecified atom stereocenters. The first-order valence-corrected chi connectivity index (χ1v) is 9.92. The second-order valence-corrected chi connectivity index (χ2v) is 8.49. The molecule has 2 heterocycles. The average Bonchev–Trinajstić information content (AvgIpc) is 2.55. The topological polar surface area (TPSA) is 32.3 Å². The highest BCUT2D eigenvalue weighted by Crippen LogP contribution is 2.44. The minimum absolute atomic E-state index is 0.393. The van der Waals surface area contributed by atoms with Crippen molar-refractivity contribution in [1.82, 2.24) is 10.2 Å². The van der Waals surface area contributed by atoms with Gasteiger partial charge in [0.15, 0.2) is 0 Å². The second-order valence-electron chi connectivity index (χ2n) is 7.20. The van der Waals surface area contributed by atoms with Crippen LogP contribution in [0.4, 0.5) is 0 Å². The van der Waals surface area contributed by atoms with E-state index < -0.39 is 0 Å². The molecular weight excluding hydrogens is 280 g/mol. The number of nitrogens with zero attached hydrogens (tertiary/aromatic N) is 1. The summed E-state index contributed by atoms with van der Waals surface area (Å²) in [6.45, 7) is 4.29. The summed E-state index contributed by atoms with van der Waals surface area (Å²) in [5, 5.41) is 4.09. The second kappa shape index (κ2) is 7.36. The van der Waals surface area contributed by atoms with Crippen molar-refractivity contribution >= 4 is 17.7 Å². The van der Waals surface area contributed by atoms with Gasteiger partial charge in [0.25, 0.3) is 0 Å². The fourth-order valence-electron chi connectivity index (χ4n) is 4.27. The van der Waals surface area contributed by atoms with Crippen molar-refractivity contribution in [3.8, 4) is 0 Å². The molecule has 1 spiro atoms. The number of carbonyl (C=O) groups is 1. The van der Waals surface area contributed by atoms with Gasteiger partial charge in [0, 0.05) is 18.3 Å². The SMILES string of the molecule is O=C(CSC1CCNCC1)N1CCC2(CCCCC2)CC1. The lowest BCUT2D eigenvalue weighted by Crippen LogP contribution is -2.44. The maximum Gasteiger partial charge on any atom is 0.232 e. The van der Waals surface area contributed by atoms with Gasteiger partial charge in [-0.3, -0.25) is 4.79 Å². The molecule has 1 amide bonds. The van der Waals surface area contributed by atoms with E-state index in [1.54, 1.807) is 0 Å². The maximum absolute atomic E-state index is 12.4. The van der Waals surface area contributed by atoms with Crippen LogP contribution in [0.3, 0.4) is 0 Å². The molecule has 4 heteroatoms. The van der Waals surface area contributed by atoms with Crippen LogP contribution < -0.4 is 5.32 Å². The third-order valence-corrected chi connectivity index (χ3v) is 7.18. The van der Waals surface area contributed by atoms with Crippen molar-refractivity contribution in [2.45, 2.75) is 63.0 Å². The molecule has 3 fully saturated rings. The number of nitrogens with one attached hydrogen (secondary N) is 1. The van der Waals surface area contributed by atoms with Gasteiger partial charge < -0.3 is 10.2 Å².